The van der Waals surface area contributed by atoms with Crippen LogP contribution >= 0.6 is 0 Å². The highest BCUT2D eigenvalue weighted by atomic mass is 16.5. The summed E-state index contributed by atoms with van der Waals surface area (Å²) in [6.45, 7) is 4.50. The average Bonchev–Trinajstić information content (AvgIpc) is 3.85. The zero-order valence-corrected chi connectivity index (χ0v) is 29.3. The molecule has 52 heavy (non-hydrogen) atoms. The van der Waals surface area contributed by atoms with Crippen molar-refractivity contribution in [2.24, 2.45) is 0 Å². The number of aliphatic hydroxyl groups excluding tert-OH is 1. The van der Waals surface area contributed by atoms with Crippen molar-refractivity contribution in [3.63, 3.8) is 0 Å². The molecule has 7 rings (SSSR count). The maximum absolute atomic E-state index is 12.9. The van der Waals surface area contributed by atoms with Gasteiger partial charge in [0, 0.05) is 17.8 Å². The van der Waals surface area contributed by atoms with Gasteiger partial charge >= 0.3 is 5.97 Å². The van der Waals surface area contributed by atoms with Crippen LogP contribution in [-0.2, 0) is 16.8 Å². The van der Waals surface area contributed by atoms with E-state index in [0.29, 0.717) is 30.2 Å². The largest absolute Gasteiger partial charge is 0.461 e. The summed E-state index contributed by atoms with van der Waals surface area (Å²) in [7, 11) is 0. The molecule has 0 bridgehead atoms. The first kappa shape index (κ1) is 34.3. The van der Waals surface area contributed by atoms with Crippen LogP contribution in [0.1, 0.15) is 71.2 Å². The van der Waals surface area contributed by atoms with E-state index in [-0.39, 0.29) is 6.61 Å². The summed E-state index contributed by atoms with van der Waals surface area (Å²) in [6, 6.07) is 51.1. The van der Waals surface area contributed by atoms with Crippen molar-refractivity contribution < 1.29 is 14.6 Å². The molecule has 0 aliphatic heterocycles. The number of esters is 1. The third kappa shape index (κ3) is 6.45. The summed E-state index contributed by atoms with van der Waals surface area (Å²) in [5, 5.41) is 24.7. The minimum atomic E-state index is -0.882. The Kier molecular flexibility index (Phi) is 10.2. The summed E-state index contributed by atoms with van der Waals surface area (Å²) < 4.78 is 9.16. The standard InChI is InChI=1S/C44H41N5O3/c1-3-16-41(50)39-29-30-40(43(51)52-4-2)48(39)31-32-25-27-33(28-26-32)37-23-14-15-24-38(37)42-45-46-47-49(42)44(34-17-8-5-9-18-34,35-19-10-6-11-20-35)36-21-12-7-13-22-36/h5-15,17-30,41,50H,3-4,16,31H2,1-2H3. The Bertz CT molecular complexity index is 2130. The lowest BCUT2D eigenvalue weighted by atomic mass is 9.77. The van der Waals surface area contributed by atoms with Crippen LogP contribution in [0, 0.1) is 0 Å². The van der Waals surface area contributed by atoms with E-state index in [1.807, 2.05) is 89.0 Å². The fraction of sp³-hybridized carbons (Fsp3) is 0.182. The van der Waals surface area contributed by atoms with Gasteiger partial charge in [-0.15, -0.1) is 5.10 Å². The van der Waals surface area contributed by atoms with Crippen LogP contribution in [0.15, 0.2) is 152 Å². The number of tetrazole rings is 1. The maximum Gasteiger partial charge on any atom is 0.354 e. The van der Waals surface area contributed by atoms with Gasteiger partial charge in [-0.3, -0.25) is 0 Å². The molecule has 5 aromatic carbocycles. The zero-order chi connectivity index (χ0) is 35.9. The molecule has 7 aromatic rings. The first-order chi connectivity index (χ1) is 25.6. The molecule has 2 heterocycles. The van der Waals surface area contributed by atoms with E-state index in [4.69, 9.17) is 15.0 Å². The lowest BCUT2D eigenvalue weighted by Gasteiger charge is -2.36. The molecule has 0 aliphatic carbocycles. The van der Waals surface area contributed by atoms with Crippen LogP contribution in [0.5, 0.6) is 0 Å². The SMILES string of the molecule is CCCC(O)c1ccc(C(=O)OCC)n1Cc1ccc(-c2ccccc2-c2nnnn2C(c2ccccc2)(c2ccccc2)c2ccccc2)cc1. The van der Waals surface area contributed by atoms with E-state index >= 15 is 0 Å². The Morgan fingerprint density at radius 2 is 1.27 bits per heavy atom. The average molecular weight is 688 g/mol. The summed E-state index contributed by atoms with van der Waals surface area (Å²) in [5.74, 6) is 0.218. The van der Waals surface area contributed by atoms with Gasteiger partial charge < -0.3 is 14.4 Å². The highest BCUT2D eigenvalue weighted by Gasteiger charge is 2.42. The summed E-state index contributed by atoms with van der Waals surface area (Å²) in [4.78, 5) is 12.9. The number of hydrogen-bond acceptors (Lipinski definition) is 6. The number of aliphatic hydroxyl groups is 1. The van der Waals surface area contributed by atoms with Gasteiger partial charge in [0.1, 0.15) is 11.2 Å². The number of carbonyl (C=O) groups excluding carboxylic acids is 1. The first-order valence-electron chi connectivity index (χ1n) is 17.7. The fourth-order valence-corrected chi connectivity index (χ4v) is 7.14. The van der Waals surface area contributed by atoms with Crippen LogP contribution < -0.4 is 0 Å². The van der Waals surface area contributed by atoms with Crippen molar-refractivity contribution in [1.82, 2.24) is 24.8 Å². The highest BCUT2D eigenvalue weighted by molar-refractivity contribution is 5.88. The van der Waals surface area contributed by atoms with E-state index in [0.717, 1.165) is 45.4 Å². The number of ether oxygens (including phenoxy) is 1. The van der Waals surface area contributed by atoms with Gasteiger partial charge in [-0.25, -0.2) is 9.48 Å². The van der Waals surface area contributed by atoms with Crippen LogP contribution in [0.25, 0.3) is 22.5 Å². The number of benzene rings is 5. The van der Waals surface area contributed by atoms with Crippen molar-refractivity contribution >= 4 is 5.97 Å². The van der Waals surface area contributed by atoms with E-state index in [1.165, 1.54) is 0 Å². The van der Waals surface area contributed by atoms with Crippen molar-refractivity contribution in [1.29, 1.82) is 0 Å². The molecule has 260 valence electrons. The minimum absolute atomic E-state index is 0.275. The Hall–Kier alpha value is -6.12. The molecule has 0 saturated carbocycles. The Balaban J connectivity index is 1.32. The summed E-state index contributed by atoms with van der Waals surface area (Å²) in [5.41, 5.74) is 7.14. The number of rotatable bonds is 13. The third-order valence-electron chi connectivity index (χ3n) is 9.54. The number of nitrogens with zero attached hydrogens (tertiary/aromatic N) is 5. The van der Waals surface area contributed by atoms with Gasteiger partial charge in [0.25, 0.3) is 0 Å². The predicted octanol–water partition coefficient (Wildman–Crippen LogP) is 8.71. The van der Waals surface area contributed by atoms with Crippen LogP contribution in [-0.4, -0.2) is 42.5 Å². The normalized spacial score (nSPS) is 12.1. The van der Waals surface area contributed by atoms with Gasteiger partial charge in [0.05, 0.1) is 12.7 Å². The van der Waals surface area contributed by atoms with E-state index in [2.05, 4.69) is 78.0 Å². The lowest BCUT2D eigenvalue weighted by molar-refractivity contribution is 0.0512. The summed E-state index contributed by atoms with van der Waals surface area (Å²) >= 11 is 0. The predicted molar refractivity (Wildman–Crippen MR) is 203 cm³/mol. The Morgan fingerprint density at radius 3 is 1.83 bits per heavy atom. The van der Waals surface area contributed by atoms with Gasteiger partial charge in [-0.05, 0) is 69.3 Å². The second-order valence-electron chi connectivity index (χ2n) is 12.7. The van der Waals surface area contributed by atoms with E-state index in [9.17, 15) is 9.90 Å². The van der Waals surface area contributed by atoms with Crippen molar-refractivity contribution in [3.8, 4) is 22.5 Å². The lowest BCUT2D eigenvalue weighted by Crippen LogP contribution is -2.39. The van der Waals surface area contributed by atoms with Gasteiger partial charge in [-0.1, -0.05) is 153 Å². The van der Waals surface area contributed by atoms with E-state index in [1.54, 1.807) is 13.0 Å². The Morgan fingerprint density at radius 1 is 0.712 bits per heavy atom. The molecule has 1 unspecified atom stereocenters. The quantitative estimate of drug-likeness (QED) is 0.0963. The third-order valence-corrected chi connectivity index (χ3v) is 9.54. The second kappa shape index (κ2) is 15.4. The molecule has 8 nitrogen and oxygen atoms in total. The highest BCUT2D eigenvalue weighted by Crippen LogP contribution is 2.43. The monoisotopic (exact) mass is 687 g/mol. The molecule has 0 radical (unpaired) electrons. The number of carbonyl (C=O) groups is 1. The molecule has 0 spiro atoms. The molecule has 0 saturated heterocycles. The van der Waals surface area contributed by atoms with Gasteiger partial charge in [-0.2, -0.15) is 0 Å². The molecule has 0 aliphatic rings. The number of aromatic nitrogens is 5. The van der Waals surface area contributed by atoms with Crippen molar-refractivity contribution in [3.05, 3.63) is 185 Å². The van der Waals surface area contributed by atoms with Crippen LogP contribution in [0.4, 0.5) is 0 Å². The molecular weight excluding hydrogens is 647 g/mol. The zero-order valence-electron chi connectivity index (χ0n) is 29.3. The first-order valence-corrected chi connectivity index (χ1v) is 17.7. The summed E-state index contributed by atoms with van der Waals surface area (Å²) in [6.07, 6.45) is 0.739. The molecule has 2 aromatic heterocycles. The number of hydrogen-bond donors (Lipinski definition) is 1. The van der Waals surface area contributed by atoms with Gasteiger partial charge in [0.2, 0.25) is 0 Å². The van der Waals surface area contributed by atoms with E-state index < -0.39 is 17.6 Å². The fourth-order valence-electron chi connectivity index (χ4n) is 7.14. The van der Waals surface area contributed by atoms with Crippen molar-refractivity contribution in [2.45, 2.75) is 44.9 Å². The van der Waals surface area contributed by atoms with Crippen molar-refractivity contribution in [2.75, 3.05) is 6.61 Å². The molecule has 0 fully saturated rings. The van der Waals surface area contributed by atoms with Crippen LogP contribution in [0.3, 0.4) is 0 Å². The molecule has 1 N–H and O–H groups in total. The minimum Gasteiger partial charge on any atom is -0.461 e. The topological polar surface area (TPSA) is 95.1 Å². The molecular formula is C44H41N5O3. The maximum atomic E-state index is 12.9. The molecule has 1 atom stereocenters. The van der Waals surface area contributed by atoms with Gasteiger partial charge in [0.15, 0.2) is 5.82 Å². The second-order valence-corrected chi connectivity index (χ2v) is 12.7. The van der Waals surface area contributed by atoms with Crippen LogP contribution in [0.2, 0.25) is 0 Å². The smallest absolute Gasteiger partial charge is 0.354 e. The molecule has 0 amide bonds. The molecule has 8 heteroatoms. The Labute approximate surface area is 304 Å².